The number of nitrogens with one attached hydrogen (secondary N) is 1. The molecule has 2 aromatic rings. The minimum absolute atomic E-state index is 0.0353. The van der Waals surface area contributed by atoms with Crippen LogP contribution in [0.2, 0.25) is 0 Å². The van der Waals surface area contributed by atoms with Crippen LogP contribution in [-0.4, -0.2) is 15.0 Å². The maximum absolute atomic E-state index is 13.5. The molecule has 1 aromatic heterocycles. The molecular weight excluding hydrogens is 258 g/mol. The van der Waals surface area contributed by atoms with Crippen LogP contribution in [0.3, 0.4) is 0 Å². The van der Waals surface area contributed by atoms with Gasteiger partial charge in [0.2, 0.25) is 0 Å². The highest BCUT2D eigenvalue weighted by Gasteiger charge is 2.10. The molecule has 1 heterocycles. The second-order valence-corrected chi connectivity index (χ2v) is 3.81. The fourth-order valence-electron chi connectivity index (χ4n) is 1.33. The molecule has 0 fully saturated rings. The first kappa shape index (κ1) is 12.3. The van der Waals surface area contributed by atoms with E-state index in [2.05, 4.69) is 15.3 Å². The molecule has 1 aromatic carbocycles. The van der Waals surface area contributed by atoms with Crippen molar-refractivity contribution in [3.8, 4) is 0 Å². The normalized spacial score (nSPS) is 10.1. The second kappa shape index (κ2) is 5.01. The van der Waals surface area contributed by atoms with Gasteiger partial charge in [0, 0.05) is 18.5 Å². The van der Waals surface area contributed by atoms with Gasteiger partial charge in [0.15, 0.2) is 5.82 Å². The summed E-state index contributed by atoms with van der Waals surface area (Å²) in [6.07, 6.45) is 2.83. The van der Waals surface area contributed by atoms with E-state index in [0.717, 1.165) is 12.1 Å². The van der Waals surface area contributed by atoms with Gasteiger partial charge in [0.05, 0.1) is 5.69 Å². The van der Waals surface area contributed by atoms with Gasteiger partial charge < -0.3 is 11.1 Å². The Labute approximate surface area is 107 Å². The second-order valence-electron chi connectivity index (χ2n) is 3.37. The number of nitrogens with zero attached hydrogens (tertiary/aromatic N) is 2. The molecule has 3 N–H and O–H groups in total. The zero-order valence-corrected chi connectivity index (χ0v) is 9.84. The third-order valence-corrected chi connectivity index (χ3v) is 2.31. The van der Waals surface area contributed by atoms with E-state index in [1.54, 1.807) is 0 Å². The van der Waals surface area contributed by atoms with E-state index in [1.807, 2.05) is 0 Å². The van der Waals surface area contributed by atoms with Gasteiger partial charge in [-0.3, -0.25) is 0 Å². The van der Waals surface area contributed by atoms with Crippen LogP contribution in [0.4, 0.5) is 20.3 Å². The molecule has 0 amide bonds. The first-order valence-electron chi connectivity index (χ1n) is 4.91. The number of thiocarbonyl (C=S) groups is 1. The zero-order valence-electron chi connectivity index (χ0n) is 9.02. The van der Waals surface area contributed by atoms with Gasteiger partial charge in [0.25, 0.3) is 0 Å². The van der Waals surface area contributed by atoms with Gasteiger partial charge >= 0.3 is 0 Å². The molecule has 0 bridgehead atoms. The van der Waals surface area contributed by atoms with Gasteiger partial charge in [-0.2, -0.15) is 0 Å². The maximum atomic E-state index is 13.5. The Morgan fingerprint density at radius 3 is 2.61 bits per heavy atom. The van der Waals surface area contributed by atoms with Crippen LogP contribution in [0.5, 0.6) is 0 Å². The molecule has 0 radical (unpaired) electrons. The standard InChI is InChI=1S/C11H8F2N4S/c12-6-1-2-8(7(13)5-6)17-11-9(10(14)18)15-3-4-16-11/h1-5H,(H2,14,18)(H,16,17). The summed E-state index contributed by atoms with van der Waals surface area (Å²) in [6, 6.07) is 3.14. The highest BCUT2D eigenvalue weighted by atomic mass is 32.1. The number of halogens is 2. The van der Waals surface area contributed by atoms with E-state index in [0.29, 0.717) is 0 Å². The predicted molar refractivity (Wildman–Crippen MR) is 67.6 cm³/mol. The number of hydrogen-bond acceptors (Lipinski definition) is 4. The Hall–Kier alpha value is -2.15. The topological polar surface area (TPSA) is 63.8 Å². The van der Waals surface area contributed by atoms with Crippen molar-refractivity contribution in [2.24, 2.45) is 5.73 Å². The fraction of sp³-hybridized carbons (Fsp3) is 0. The molecule has 0 atom stereocenters. The summed E-state index contributed by atoms with van der Waals surface area (Å²) in [5.41, 5.74) is 5.78. The van der Waals surface area contributed by atoms with Gasteiger partial charge in [0.1, 0.15) is 22.3 Å². The SMILES string of the molecule is NC(=S)c1nccnc1Nc1ccc(F)cc1F. The first-order chi connectivity index (χ1) is 8.58. The molecule has 2 rings (SSSR count). The lowest BCUT2D eigenvalue weighted by Gasteiger charge is -2.09. The van der Waals surface area contributed by atoms with Gasteiger partial charge in [-0.05, 0) is 12.1 Å². The summed E-state index contributed by atoms with van der Waals surface area (Å²) >= 11 is 4.80. The number of hydrogen-bond donors (Lipinski definition) is 2. The van der Waals surface area contributed by atoms with Crippen LogP contribution in [0.25, 0.3) is 0 Å². The summed E-state index contributed by atoms with van der Waals surface area (Å²) in [4.78, 5) is 7.93. The average Bonchev–Trinajstić information content (AvgIpc) is 2.33. The van der Waals surface area contributed by atoms with Crippen LogP contribution >= 0.6 is 12.2 Å². The number of nitrogens with two attached hydrogens (primary N) is 1. The van der Waals surface area contributed by atoms with Crippen LogP contribution in [0.1, 0.15) is 5.69 Å². The lowest BCUT2D eigenvalue weighted by molar-refractivity contribution is 0.586. The molecule has 0 aliphatic rings. The Morgan fingerprint density at radius 2 is 1.94 bits per heavy atom. The fourth-order valence-corrected chi connectivity index (χ4v) is 1.48. The Kier molecular flexibility index (Phi) is 3.42. The van der Waals surface area contributed by atoms with Crippen LogP contribution < -0.4 is 11.1 Å². The van der Waals surface area contributed by atoms with Gasteiger partial charge in [-0.25, -0.2) is 18.7 Å². The summed E-state index contributed by atoms with van der Waals surface area (Å²) in [5, 5.41) is 2.67. The van der Waals surface area contributed by atoms with Crippen LogP contribution in [-0.2, 0) is 0 Å². The van der Waals surface area contributed by atoms with E-state index in [9.17, 15) is 8.78 Å². The molecule has 0 saturated heterocycles. The Morgan fingerprint density at radius 1 is 1.22 bits per heavy atom. The van der Waals surface area contributed by atoms with Crippen LogP contribution in [0.15, 0.2) is 30.6 Å². The van der Waals surface area contributed by atoms with E-state index in [1.165, 1.54) is 18.5 Å². The van der Waals surface area contributed by atoms with Crippen molar-refractivity contribution in [1.82, 2.24) is 9.97 Å². The van der Waals surface area contributed by atoms with Crippen molar-refractivity contribution in [2.75, 3.05) is 5.32 Å². The third-order valence-electron chi connectivity index (χ3n) is 2.12. The number of aromatic nitrogens is 2. The minimum Gasteiger partial charge on any atom is -0.388 e. The summed E-state index contributed by atoms with van der Waals surface area (Å²) in [5.74, 6) is -1.18. The van der Waals surface area contributed by atoms with Crippen molar-refractivity contribution >= 4 is 28.7 Å². The van der Waals surface area contributed by atoms with E-state index >= 15 is 0 Å². The molecular formula is C11H8F2N4S. The number of benzene rings is 1. The van der Waals surface area contributed by atoms with Crippen molar-refractivity contribution in [2.45, 2.75) is 0 Å². The molecule has 7 heteroatoms. The average molecular weight is 266 g/mol. The summed E-state index contributed by atoms with van der Waals surface area (Å²) < 4.78 is 26.2. The van der Waals surface area contributed by atoms with E-state index < -0.39 is 11.6 Å². The Balaban J connectivity index is 2.37. The molecule has 0 saturated carbocycles. The highest BCUT2D eigenvalue weighted by molar-refractivity contribution is 7.80. The smallest absolute Gasteiger partial charge is 0.159 e. The third kappa shape index (κ3) is 2.57. The number of anilines is 2. The highest BCUT2D eigenvalue weighted by Crippen LogP contribution is 2.20. The van der Waals surface area contributed by atoms with Crippen molar-refractivity contribution in [3.63, 3.8) is 0 Å². The summed E-state index contributed by atoms with van der Waals surface area (Å²) in [7, 11) is 0. The lowest BCUT2D eigenvalue weighted by atomic mass is 10.3. The molecule has 0 aliphatic heterocycles. The van der Waals surface area contributed by atoms with Crippen molar-refractivity contribution in [3.05, 3.63) is 47.9 Å². The van der Waals surface area contributed by atoms with Crippen LogP contribution in [0, 0.1) is 11.6 Å². The Bertz CT molecular complexity index is 603. The zero-order chi connectivity index (χ0) is 13.1. The molecule has 0 unspecified atom stereocenters. The van der Waals surface area contributed by atoms with E-state index in [-0.39, 0.29) is 22.2 Å². The molecule has 4 nitrogen and oxygen atoms in total. The van der Waals surface area contributed by atoms with Crippen molar-refractivity contribution < 1.29 is 8.78 Å². The quantitative estimate of drug-likeness (QED) is 0.833. The van der Waals surface area contributed by atoms with E-state index in [4.69, 9.17) is 18.0 Å². The number of rotatable bonds is 3. The largest absolute Gasteiger partial charge is 0.388 e. The van der Waals surface area contributed by atoms with Gasteiger partial charge in [-0.15, -0.1) is 0 Å². The lowest BCUT2D eigenvalue weighted by Crippen LogP contribution is -2.15. The first-order valence-corrected chi connectivity index (χ1v) is 5.31. The predicted octanol–water partition coefficient (Wildman–Crippen LogP) is 2.13. The maximum Gasteiger partial charge on any atom is 0.159 e. The summed E-state index contributed by atoms with van der Waals surface area (Å²) in [6.45, 7) is 0. The molecule has 92 valence electrons. The van der Waals surface area contributed by atoms with Crippen molar-refractivity contribution in [1.29, 1.82) is 0 Å². The van der Waals surface area contributed by atoms with Gasteiger partial charge in [-0.1, -0.05) is 12.2 Å². The minimum atomic E-state index is -0.741. The molecule has 18 heavy (non-hydrogen) atoms. The monoisotopic (exact) mass is 266 g/mol. The molecule has 0 spiro atoms. The molecule has 0 aliphatic carbocycles.